The van der Waals surface area contributed by atoms with Crippen molar-refractivity contribution >= 4 is 21.4 Å². The quantitative estimate of drug-likeness (QED) is 0.732. The van der Waals surface area contributed by atoms with Crippen molar-refractivity contribution in [1.29, 1.82) is 0 Å². The third kappa shape index (κ3) is 4.14. The van der Waals surface area contributed by atoms with E-state index in [1.165, 1.54) is 11.6 Å². The van der Waals surface area contributed by atoms with Crippen molar-refractivity contribution in [3.8, 4) is 0 Å². The van der Waals surface area contributed by atoms with Gasteiger partial charge in [0.25, 0.3) is 0 Å². The van der Waals surface area contributed by atoms with Crippen LogP contribution in [-0.2, 0) is 21.1 Å². The minimum Gasteiger partial charge on any atom is -0.306 e. The topological polar surface area (TPSA) is 57.7 Å². The Balaban J connectivity index is 1.58. The molecule has 2 heterocycles. The summed E-state index contributed by atoms with van der Waals surface area (Å²) >= 11 is 0. The summed E-state index contributed by atoms with van der Waals surface area (Å²) in [6.07, 6.45) is 0.437. The summed E-state index contributed by atoms with van der Waals surface area (Å²) in [6, 6.07) is 13.7. The number of carbonyl (C=O) groups excluding carboxylic acids is 1. The van der Waals surface area contributed by atoms with Gasteiger partial charge in [-0.2, -0.15) is 0 Å². The summed E-state index contributed by atoms with van der Waals surface area (Å²) in [5, 5.41) is 0. The zero-order valence-corrected chi connectivity index (χ0v) is 18.1. The molecule has 0 aliphatic carbocycles. The normalized spacial score (nSPS) is 23.7. The first-order valence-corrected chi connectivity index (χ1v) is 12.2. The third-order valence-corrected chi connectivity index (χ3v) is 7.86. The van der Waals surface area contributed by atoms with E-state index < -0.39 is 15.9 Å². The number of nitrogens with zero attached hydrogens (tertiary/aromatic N) is 2. The summed E-state index contributed by atoms with van der Waals surface area (Å²) in [7, 11) is -3.25. The highest BCUT2D eigenvalue weighted by Crippen LogP contribution is 2.32. The maximum absolute atomic E-state index is 14.0. The molecule has 7 heteroatoms. The van der Waals surface area contributed by atoms with Gasteiger partial charge in [-0.25, -0.2) is 12.8 Å². The van der Waals surface area contributed by atoms with Crippen molar-refractivity contribution in [2.24, 2.45) is 0 Å². The largest absolute Gasteiger partial charge is 0.306 e. The highest BCUT2D eigenvalue weighted by molar-refractivity contribution is 7.91. The van der Waals surface area contributed by atoms with Crippen LogP contribution >= 0.6 is 0 Å². The molecule has 160 valence electrons. The van der Waals surface area contributed by atoms with Crippen LogP contribution in [0.25, 0.3) is 0 Å². The Morgan fingerprint density at radius 3 is 2.37 bits per heavy atom. The second-order valence-electron chi connectivity index (χ2n) is 8.53. The fourth-order valence-electron chi connectivity index (χ4n) is 4.52. The van der Waals surface area contributed by atoms with Crippen LogP contribution in [0.5, 0.6) is 0 Å². The first-order chi connectivity index (χ1) is 14.2. The first-order valence-electron chi connectivity index (χ1n) is 10.3. The maximum Gasteiger partial charge on any atom is 0.241 e. The van der Waals surface area contributed by atoms with Crippen LogP contribution in [-0.4, -0.2) is 55.9 Å². The molecule has 2 aliphatic rings. The van der Waals surface area contributed by atoms with Gasteiger partial charge in [-0.3, -0.25) is 9.69 Å². The molecule has 1 amide bonds. The van der Waals surface area contributed by atoms with Gasteiger partial charge in [0.1, 0.15) is 5.82 Å². The van der Waals surface area contributed by atoms with Gasteiger partial charge in [-0.05, 0) is 41.7 Å². The highest BCUT2D eigenvalue weighted by Gasteiger charge is 2.49. The van der Waals surface area contributed by atoms with E-state index in [-0.39, 0.29) is 35.8 Å². The summed E-state index contributed by atoms with van der Waals surface area (Å²) in [4.78, 5) is 16.7. The number of hydrogen-bond donors (Lipinski definition) is 0. The van der Waals surface area contributed by atoms with E-state index in [1.54, 1.807) is 23.1 Å². The second kappa shape index (κ2) is 8.12. The molecule has 0 saturated carbocycles. The molecule has 2 saturated heterocycles. The Morgan fingerprint density at radius 2 is 1.70 bits per heavy atom. The maximum atomic E-state index is 14.0. The van der Waals surface area contributed by atoms with Gasteiger partial charge >= 0.3 is 0 Å². The number of sulfone groups is 1. The van der Waals surface area contributed by atoms with E-state index in [0.717, 1.165) is 5.69 Å². The molecule has 2 atom stereocenters. The number of benzene rings is 2. The Hall–Kier alpha value is -2.25. The van der Waals surface area contributed by atoms with Crippen LogP contribution in [0.4, 0.5) is 10.1 Å². The van der Waals surface area contributed by atoms with Crippen LogP contribution in [0.2, 0.25) is 0 Å². The number of fused-ring (bicyclic) bond motifs is 1. The smallest absolute Gasteiger partial charge is 0.241 e. The minimum atomic E-state index is -3.25. The van der Waals surface area contributed by atoms with Gasteiger partial charge in [0, 0.05) is 18.3 Å². The molecule has 0 spiro atoms. The van der Waals surface area contributed by atoms with Crippen molar-refractivity contribution in [2.45, 2.75) is 38.3 Å². The van der Waals surface area contributed by atoms with E-state index >= 15 is 0 Å². The Morgan fingerprint density at radius 1 is 1.03 bits per heavy atom. The molecule has 0 unspecified atom stereocenters. The third-order valence-electron chi connectivity index (χ3n) is 6.17. The summed E-state index contributed by atoms with van der Waals surface area (Å²) < 4.78 is 38.9. The molecule has 4 rings (SSSR count). The summed E-state index contributed by atoms with van der Waals surface area (Å²) in [5.74, 6) is -0.0130. The lowest BCUT2D eigenvalue weighted by Gasteiger charge is -2.43. The average Bonchev–Trinajstić information content (AvgIpc) is 3.02. The number of hydrogen-bond acceptors (Lipinski definition) is 4. The van der Waals surface area contributed by atoms with Crippen LogP contribution in [0.15, 0.2) is 48.5 Å². The highest BCUT2D eigenvalue weighted by atomic mass is 32.2. The predicted molar refractivity (Wildman–Crippen MR) is 116 cm³/mol. The first kappa shape index (κ1) is 21.0. The molecule has 0 N–H and O–H groups in total. The number of carbonyl (C=O) groups is 1. The summed E-state index contributed by atoms with van der Waals surface area (Å²) in [5.41, 5.74) is 2.49. The van der Waals surface area contributed by atoms with E-state index in [9.17, 15) is 17.6 Å². The van der Waals surface area contributed by atoms with Crippen molar-refractivity contribution in [2.75, 3.05) is 29.5 Å². The van der Waals surface area contributed by atoms with Crippen LogP contribution in [0.3, 0.4) is 0 Å². The number of amides is 1. The van der Waals surface area contributed by atoms with Crippen molar-refractivity contribution in [1.82, 2.24) is 4.90 Å². The number of piperazine rings is 1. The number of anilines is 1. The second-order valence-corrected chi connectivity index (χ2v) is 10.7. The number of halogens is 1. The van der Waals surface area contributed by atoms with Crippen LogP contribution < -0.4 is 4.90 Å². The minimum absolute atomic E-state index is 0.0306. The molecule has 2 fully saturated rings. The lowest BCUT2D eigenvalue weighted by Crippen LogP contribution is -2.62. The van der Waals surface area contributed by atoms with Crippen molar-refractivity contribution < 1.29 is 17.6 Å². The molecule has 5 nitrogen and oxygen atoms in total. The molecular formula is C23H27FN2O3S. The van der Waals surface area contributed by atoms with Gasteiger partial charge in [-0.1, -0.05) is 44.2 Å². The van der Waals surface area contributed by atoms with Crippen molar-refractivity contribution in [3.63, 3.8) is 0 Å². The molecule has 0 bridgehead atoms. The van der Waals surface area contributed by atoms with Gasteiger partial charge in [0.15, 0.2) is 9.84 Å². The Labute approximate surface area is 177 Å². The molecule has 2 aromatic carbocycles. The van der Waals surface area contributed by atoms with Gasteiger partial charge in [-0.15, -0.1) is 0 Å². The van der Waals surface area contributed by atoms with Crippen LogP contribution in [0, 0.1) is 5.82 Å². The van der Waals surface area contributed by atoms with Gasteiger partial charge < -0.3 is 4.90 Å². The molecule has 0 radical (unpaired) electrons. The monoisotopic (exact) mass is 430 g/mol. The molecule has 0 aromatic heterocycles. The standard InChI is InChI=1S/C23H27FN2O3S/c1-16(2)17-7-9-19(10-8-17)26-22-15-30(28,29)14-21(22)25(13-23(26)27)12-11-18-5-3-4-6-20(18)24/h3-10,16,21-22H,11-15H2,1-2H3/t21-,22-/m1/s1. The zero-order chi connectivity index (χ0) is 21.5. The Bertz CT molecular complexity index is 1040. The van der Waals surface area contributed by atoms with E-state index in [4.69, 9.17) is 0 Å². The SMILES string of the molecule is CC(C)c1ccc(N2C(=O)CN(CCc3ccccc3F)[C@@H]3CS(=O)(=O)C[C@H]32)cc1. The lowest BCUT2D eigenvalue weighted by atomic mass is 10.00. The number of rotatable bonds is 5. The molecule has 2 aliphatic heterocycles. The van der Waals surface area contributed by atoms with E-state index in [2.05, 4.69) is 13.8 Å². The van der Waals surface area contributed by atoms with Crippen molar-refractivity contribution in [3.05, 3.63) is 65.5 Å². The molecular weight excluding hydrogens is 403 g/mol. The molecule has 30 heavy (non-hydrogen) atoms. The van der Waals surface area contributed by atoms with E-state index in [1.807, 2.05) is 29.2 Å². The summed E-state index contributed by atoms with van der Waals surface area (Å²) in [6.45, 7) is 4.79. The zero-order valence-electron chi connectivity index (χ0n) is 17.3. The fourth-order valence-corrected chi connectivity index (χ4v) is 6.50. The van der Waals surface area contributed by atoms with Gasteiger partial charge in [0.2, 0.25) is 5.91 Å². The van der Waals surface area contributed by atoms with Crippen LogP contribution in [0.1, 0.15) is 30.9 Å². The predicted octanol–water partition coefficient (Wildman–Crippen LogP) is 3.01. The lowest BCUT2D eigenvalue weighted by molar-refractivity contribution is -0.123. The van der Waals surface area contributed by atoms with Gasteiger partial charge in [0.05, 0.1) is 24.1 Å². The fraction of sp³-hybridized carbons (Fsp3) is 0.435. The molecule has 2 aromatic rings. The Kier molecular flexibility index (Phi) is 5.68. The average molecular weight is 431 g/mol. The van der Waals surface area contributed by atoms with E-state index in [0.29, 0.717) is 24.4 Å².